The number of phosphoric ester groups is 2. The fraction of sp³-hybridized carbons (Fsp3) is 0.944. The number of unbranched alkanes of at least 4 members (excludes halogenated alkanes) is 34. The van der Waals surface area contributed by atoms with Crippen molar-refractivity contribution in [3.63, 3.8) is 0 Å². The van der Waals surface area contributed by atoms with Crippen LogP contribution in [0, 0.1) is 23.7 Å². The van der Waals surface area contributed by atoms with E-state index in [1.54, 1.807) is 0 Å². The van der Waals surface area contributed by atoms with Crippen LogP contribution in [0.25, 0.3) is 0 Å². The molecule has 17 nitrogen and oxygen atoms in total. The molecule has 5 atom stereocenters. The van der Waals surface area contributed by atoms with E-state index in [1.807, 2.05) is 0 Å². The monoisotopic (exact) mass is 1320 g/mol. The van der Waals surface area contributed by atoms with E-state index in [4.69, 9.17) is 37.0 Å². The lowest BCUT2D eigenvalue weighted by Crippen LogP contribution is -2.30. The number of rotatable bonds is 68. The summed E-state index contributed by atoms with van der Waals surface area (Å²) in [4.78, 5) is 72.6. The van der Waals surface area contributed by atoms with Crippen LogP contribution in [0.5, 0.6) is 0 Å². The van der Waals surface area contributed by atoms with Crippen molar-refractivity contribution in [3.05, 3.63) is 0 Å². The van der Waals surface area contributed by atoms with Crippen LogP contribution in [-0.4, -0.2) is 96.7 Å². The average Bonchev–Trinajstić information content (AvgIpc) is 3.50. The second-order valence-corrected chi connectivity index (χ2v) is 30.4. The Labute approximate surface area is 549 Å². The maximum absolute atomic E-state index is 13.0. The minimum Gasteiger partial charge on any atom is -0.462 e. The zero-order valence-corrected chi connectivity index (χ0v) is 60.6. The Kier molecular flexibility index (Phi) is 59.4. The van der Waals surface area contributed by atoms with Crippen LogP contribution >= 0.6 is 15.6 Å². The van der Waals surface area contributed by atoms with Gasteiger partial charge in [0, 0.05) is 25.7 Å². The first-order valence-electron chi connectivity index (χ1n) is 36.7. The molecule has 0 saturated heterocycles. The minimum absolute atomic E-state index is 0.105. The summed E-state index contributed by atoms with van der Waals surface area (Å²) in [5.41, 5.74) is 0. The molecule has 0 spiro atoms. The highest BCUT2D eigenvalue weighted by Crippen LogP contribution is 2.45. The standard InChI is InChI=1S/C71H138O17P2/c1-61(2)47-39-31-23-15-10-9-11-18-29-37-45-53-70(75)87-67(58-82-69(74)52-44-36-28-22-21-26-34-42-50-64(7)8)60-86-90(79,80)84-56-65(72)55-83-89(77,78)85-59-66(57-81-68(73)51-43-35-27-20-14-17-25-33-41-49-63(5)6)88-71(76)54-46-38-30-19-13-12-16-24-32-40-48-62(3)4/h61-67,72H,9-60H2,1-8H3,(H,77,78)(H,79,80)/t65?,66-,67-/m1/s1. The van der Waals surface area contributed by atoms with Crippen LogP contribution in [0.15, 0.2) is 0 Å². The second kappa shape index (κ2) is 60.7. The summed E-state index contributed by atoms with van der Waals surface area (Å²) in [5.74, 6) is 0.859. The summed E-state index contributed by atoms with van der Waals surface area (Å²) >= 11 is 0. The average molecular weight is 1330 g/mol. The topological polar surface area (TPSA) is 237 Å². The number of hydrogen-bond donors (Lipinski definition) is 3. The number of phosphoric acid groups is 2. The number of aliphatic hydroxyl groups is 1. The third kappa shape index (κ3) is 64.8. The summed E-state index contributed by atoms with van der Waals surface area (Å²) in [6.45, 7) is 14.1. The normalized spacial score (nSPS) is 14.3. The van der Waals surface area contributed by atoms with Gasteiger partial charge in [-0.25, -0.2) is 9.13 Å². The van der Waals surface area contributed by atoms with Crippen molar-refractivity contribution in [1.82, 2.24) is 0 Å². The van der Waals surface area contributed by atoms with Gasteiger partial charge in [0.1, 0.15) is 19.3 Å². The quantitative estimate of drug-likeness (QED) is 0.0222. The molecule has 0 rings (SSSR count). The largest absolute Gasteiger partial charge is 0.472 e. The molecule has 3 N–H and O–H groups in total. The van der Waals surface area contributed by atoms with Crippen LogP contribution in [0.1, 0.15) is 351 Å². The number of carbonyl (C=O) groups is 4. The molecule has 534 valence electrons. The zero-order valence-electron chi connectivity index (χ0n) is 58.8. The molecule has 0 aromatic heterocycles. The van der Waals surface area contributed by atoms with Gasteiger partial charge in [0.15, 0.2) is 12.2 Å². The zero-order chi connectivity index (χ0) is 66.8. The fourth-order valence-corrected chi connectivity index (χ4v) is 12.2. The predicted octanol–water partition coefficient (Wildman–Crippen LogP) is 20.1. The van der Waals surface area contributed by atoms with Gasteiger partial charge in [-0.2, -0.15) is 0 Å². The lowest BCUT2D eigenvalue weighted by molar-refractivity contribution is -0.161. The molecule has 0 amide bonds. The van der Waals surface area contributed by atoms with Crippen LogP contribution < -0.4 is 0 Å². The van der Waals surface area contributed by atoms with E-state index >= 15 is 0 Å². The van der Waals surface area contributed by atoms with E-state index in [1.165, 1.54) is 154 Å². The molecule has 0 heterocycles. The number of ether oxygens (including phenoxy) is 4. The van der Waals surface area contributed by atoms with Gasteiger partial charge >= 0.3 is 39.5 Å². The maximum atomic E-state index is 13.0. The van der Waals surface area contributed by atoms with Crippen molar-refractivity contribution in [3.8, 4) is 0 Å². The van der Waals surface area contributed by atoms with Crippen molar-refractivity contribution in [2.75, 3.05) is 39.6 Å². The molecule has 0 fully saturated rings. The molecule has 90 heavy (non-hydrogen) atoms. The Bertz CT molecular complexity index is 1780. The van der Waals surface area contributed by atoms with Gasteiger partial charge in [0.25, 0.3) is 0 Å². The van der Waals surface area contributed by atoms with Crippen LogP contribution in [0.3, 0.4) is 0 Å². The van der Waals surface area contributed by atoms with Gasteiger partial charge in [-0.3, -0.25) is 37.3 Å². The third-order valence-electron chi connectivity index (χ3n) is 16.3. The molecular formula is C71H138O17P2. The van der Waals surface area contributed by atoms with E-state index in [2.05, 4.69) is 55.4 Å². The summed E-state index contributed by atoms with van der Waals surface area (Å²) in [6, 6.07) is 0. The summed E-state index contributed by atoms with van der Waals surface area (Å²) in [5, 5.41) is 10.6. The molecule has 0 aliphatic carbocycles. The number of aliphatic hydroxyl groups excluding tert-OH is 1. The number of esters is 4. The Balaban J connectivity index is 5.27. The van der Waals surface area contributed by atoms with E-state index < -0.39 is 97.5 Å². The number of hydrogen-bond acceptors (Lipinski definition) is 15. The molecule has 0 bridgehead atoms. The predicted molar refractivity (Wildman–Crippen MR) is 363 cm³/mol. The SMILES string of the molecule is CC(C)CCCCCCCCCCCCCC(=O)O[C@H](COC(=O)CCCCCCCCCCC(C)C)COP(=O)(O)OCC(O)COP(=O)(O)OC[C@@H](COC(=O)CCCCCCCCCCCC(C)C)OC(=O)CCCCCCCCCCCCC(C)C. The molecule has 0 radical (unpaired) electrons. The van der Waals surface area contributed by atoms with Gasteiger partial charge in [-0.15, -0.1) is 0 Å². The Hall–Kier alpha value is -1.94. The summed E-state index contributed by atoms with van der Waals surface area (Å²) < 4.78 is 68.3. The van der Waals surface area contributed by atoms with Crippen LogP contribution in [-0.2, 0) is 65.4 Å². The van der Waals surface area contributed by atoms with Gasteiger partial charge < -0.3 is 33.8 Å². The first-order valence-corrected chi connectivity index (χ1v) is 39.7. The summed E-state index contributed by atoms with van der Waals surface area (Å²) in [6.07, 6.45) is 43.0. The first-order chi connectivity index (χ1) is 43.1. The molecule has 0 aromatic carbocycles. The van der Waals surface area contributed by atoms with E-state index in [-0.39, 0.29) is 25.7 Å². The smallest absolute Gasteiger partial charge is 0.462 e. The minimum atomic E-state index is -4.95. The maximum Gasteiger partial charge on any atom is 0.472 e. The highest BCUT2D eigenvalue weighted by molar-refractivity contribution is 7.47. The molecule has 0 aliphatic rings. The van der Waals surface area contributed by atoms with Crippen molar-refractivity contribution < 1.29 is 80.2 Å². The van der Waals surface area contributed by atoms with E-state index in [0.717, 1.165) is 114 Å². The van der Waals surface area contributed by atoms with Gasteiger partial charge in [-0.05, 0) is 49.4 Å². The van der Waals surface area contributed by atoms with Crippen molar-refractivity contribution in [1.29, 1.82) is 0 Å². The highest BCUT2D eigenvalue weighted by atomic mass is 31.2. The lowest BCUT2D eigenvalue weighted by atomic mass is 10.0. The first kappa shape index (κ1) is 88.1. The highest BCUT2D eigenvalue weighted by Gasteiger charge is 2.30. The Morgan fingerprint density at radius 1 is 0.278 bits per heavy atom. The van der Waals surface area contributed by atoms with E-state index in [9.17, 15) is 43.2 Å². The van der Waals surface area contributed by atoms with Crippen molar-refractivity contribution >= 4 is 39.5 Å². The molecule has 0 saturated carbocycles. The molecule has 0 aromatic rings. The fourth-order valence-electron chi connectivity index (χ4n) is 10.7. The van der Waals surface area contributed by atoms with Crippen molar-refractivity contribution in [2.24, 2.45) is 23.7 Å². The molecule has 0 aliphatic heterocycles. The van der Waals surface area contributed by atoms with Crippen LogP contribution in [0.4, 0.5) is 0 Å². The molecule has 3 unspecified atom stereocenters. The van der Waals surface area contributed by atoms with Gasteiger partial charge in [0.2, 0.25) is 0 Å². The van der Waals surface area contributed by atoms with Gasteiger partial charge in [-0.1, -0.05) is 299 Å². The Morgan fingerprint density at radius 2 is 0.467 bits per heavy atom. The molecule has 19 heteroatoms. The third-order valence-corrected chi connectivity index (χ3v) is 18.2. The van der Waals surface area contributed by atoms with Crippen molar-refractivity contribution in [2.45, 2.75) is 369 Å². The lowest BCUT2D eigenvalue weighted by Gasteiger charge is -2.21. The second-order valence-electron chi connectivity index (χ2n) is 27.5. The Morgan fingerprint density at radius 3 is 0.689 bits per heavy atom. The van der Waals surface area contributed by atoms with Gasteiger partial charge in [0.05, 0.1) is 26.4 Å². The van der Waals surface area contributed by atoms with Crippen LogP contribution in [0.2, 0.25) is 0 Å². The van der Waals surface area contributed by atoms with E-state index in [0.29, 0.717) is 25.7 Å². The number of carbonyl (C=O) groups excluding carboxylic acids is 4. The summed E-state index contributed by atoms with van der Waals surface area (Å²) in [7, 11) is -9.90. The molecular weight excluding hydrogens is 1190 g/mol.